The molecule has 0 radical (unpaired) electrons. The molecule has 0 rings (SSSR count). The highest BCUT2D eigenvalue weighted by Crippen LogP contribution is 2.45. The van der Waals surface area contributed by atoms with Crippen molar-refractivity contribution in [3.63, 3.8) is 0 Å². The number of hydrogen-bond donors (Lipinski definition) is 3. The largest absolute Gasteiger partial charge is 0.472 e. The molecule has 102 heavy (non-hydrogen) atoms. The molecule has 0 aliphatic heterocycles. The second-order valence-electron chi connectivity index (χ2n) is 30.3. The number of aliphatic hydroxyl groups excluding tert-OH is 1. The molecule has 606 valence electrons. The maximum Gasteiger partial charge on any atom is 0.472 e. The van der Waals surface area contributed by atoms with Crippen LogP contribution < -0.4 is 0 Å². The summed E-state index contributed by atoms with van der Waals surface area (Å²) in [5.41, 5.74) is 0. The molecule has 0 spiro atoms. The van der Waals surface area contributed by atoms with Crippen molar-refractivity contribution in [2.75, 3.05) is 39.6 Å². The molecular formula is C83H162O17P2. The van der Waals surface area contributed by atoms with E-state index < -0.39 is 97.5 Å². The van der Waals surface area contributed by atoms with Gasteiger partial charge in [-0.3, -0.25) is 37.3 Å². The minimum absolute atomic E-state index is 0.107. The number of phosphoric acid groups is 2. The van der Waals surface area contributed by atoms with Gasteiger partial charge >= 0.3 is 39.5 Å². The first kappa shape index (κ1) is 100. The summed E-state index contributed by atoms with van der Waals surface area (Å²) in [6, 6.07) is 0. The Labute approximate surface area is 626 Å². The molecule has 5 atom stereocenters. The van der Waals surface area contributed by atoms with Crippen LogP contribution in [-0.4, -0.2) is 96.7 Å². The Morgan fingerprint density at radius 3 is 0.667 bits per heavy atom. The fourth-order valence-electron chi connectivity index (χ4n) is 12.9. The molecule has 0 amide bonds. The molecule has 0 saturated carbocycles. The van der Waals surface area contributed by atoms with Gasteiger partial charge in [0.2, 0.25) is 0 Å². The van der Waals surface area contributed by atoms with E-state index in [1.807, 2.05) is 0 Å². The van der Waals surface area contributed by atoms with Gasteiger partial charge in [-0.2, -0.15) is 0 Å². The van der Waals surface area contributed by atoms with Crippen molar-refractivity contribution < 1.29 is 80.2 Å². The lowest BCUT2D eigenvalue weighted by molar-refractivity contribution is -0.161. The van der Waals surface area contributed by atoms with Crippen molar-refractivity contribution in [3.05, 3.63) is 0 Å². The van der Waals surface area contributed by atoms with E-state index in [2.05, 4.69) is 34.6 Å². The lowest BCUT2D eigenvalue weighted by atomic mass is 10.0. The first-order valence-corrected chi connectivity index (χ1v) is 46.1. The summed E-state index contributed by atoms with van der Waals surface area (Å²) < 4.78 is 68.8. The Hall–Kier alpha value is -1.94. The van der Waals surface area contributed by atoms with Gasteiger partial charge in [-0.15, -0.1) is 0 Å². The number of esters is 4. The van der Waals surface area contributed by atoms with Crippen LogP contribution in [0.25, 0.3) is 0 Å². The first-order valence-electron chi connectivity index (χ1n) is 43.1. The fourth-order valence-corrected chi connectivity index (χ4v) is 14.5. The van der Waals surface area contributed by atoms with Crippen molar-refractivity contribution in [2.24, 2.45) is 5.92 Å². The van der Waals surface area contributed by atoms with Gasteiger partial charge in [-0.25, -0.2) is 9.13 Å². The lowest BCUT2D eigenvalue weighted by Gasteiger charge is -2.21. The zero-order valence-corrected chi connectivity index (χ0v) is 68.5. The van der Waals surface area contributed by atoms with Crippen molar-refractivity contribution in [1.82, 2.24) is 0 Å². The Morgan fingerprint density at radius 2 is 0.451 bits per heavy atom. The van der Waals surface area contributed by atoms with Crippen molar-refractivity contribution in [2.45, 2.75) is 464 Å². The van der Waals surface area contributed by atoms with Crippen LogP contribution >= 0.6 is 15.6 Å². The summed E-state index contributed by atoms with van der Waals surface area (Å²) in [7, 11) is -9.92. The van der Waals surface area contributed by atoms with E-state index in [-0.39, 0.29) is 25.7 Å². The van der Waals surface area contributed by atoms with Crippen LogP contribution in [0, 0.1) is 5.92 Å². The van der Waals surface area contributed by atoms with E-state index in [4.69, 9.17) is 37.0 Å². The normalized spacial score (nSPS) is 13.8. The molecule has 0 bridgehead atoms. The predicted molar refractivity (Wildman–Crippen MR) is 418 cm³/mol. The van der Waals surface area contributed by atoms with Crippen LogP contribution in [0.2, 0.25) is 0 Å². The van der Waals surface area contributed by atoms with E-state index in [9.17, 15) is 43.2 Å². The SMILES string of the molecule is CCCCCCCCCCCCCCCCCCCCCCCCC(=O)O[C@H](COC(=O)CCCCCCCCCCCCCCCCCCC)COP(=O)(O)OC[C@@H](O)COP(=O)(O)OC[C@@H](COC(=O)CCCCCCCCCCC(C)C)OC(=O)CCCCCCCCCCCCCC. The number of carbonyl (C=O) groups is 4. The number of phosphoric ester groups is 2. The third-order valence-electron chi connectivity index (χ3n) is 19.5. The Morgan fingerprint density at radius 1 is 0.265 bits per heavy atom. The van der Waals surface area contributed by atoms with Gasteiger partial charge in [0.1, 0.15) is 19.3 Å². The molecule has 2 unspecified atom stereocenters. The van der Waals surface area contributed by atoms with Gasteiger partial charge in [-0.05, 0) is 31.6 Å². The topological polar surface area (TPSA) is 237 Å². The highest BCUT2D eigenvalue weighted by molar-refractivity contribution is 7.47. The number of carbonyl (C=O) groups excluding carboxylic acids is 4. The lowest BCUT2D eigenvalue weighted by Crippen LogP contribution is -2.30. The Bertz CT molecular complexity index is 1940. The monoisotopic (exact) mass is 1490 g/mol. The van der Waals surface area contributed by atoms with E-state index in [1.165, 1.54) is 270 Å². The number of ether oxygens (including phenoxy) is 4. The van der Waals surface area contributed by atoms with Gasteiger partial charge in [0.05, 0.1) is 26.4 Å². The van der Waals surface area contributed by atoms with E-state index in [0.717, 1.165) is 95.8 Å². The summed E-state index contributed by atoms with van der Waals surface area (Å²) in [5.74, 6) is -1.38. The molecule has 0 aromatic carbocycles. The summed E-state index contributed by atoms with van der Waals surface area (Å²) in [6.45, 7) is 7.30. The van der Waals surface area contributed by atoms with Crippen LogP contribution in [0.5, 0.6) is 0 Å². The number of rotatable bonds is 83. The van der Waals surface area contributed by atoms with Crippen LogP contribution in [0.1, 0.15) is 446 Å². The molecule has 3 N–H and O–H groups in total. The summed E-state index contributed by atoms with van der Waals surface area (Å²) in [4.78, 5) is 73.1. The predicted octanol–water partition coefficient (Wildman–Crippen LogP) is 25.2. The van der Waals surface area contributed by atoms with Gasteiger partial charge in [0, 0.05) is 25.7 Å². The van der Waals surface area contributed by atoms with E-state index >= 15 is 0 Å². The molecule has 0 fully saturated rings. The maximum absolute atomic E-state index is 13.1. The molecule has 0 aromatic heterocycles. The van der Waals surface area contributed by atoms with Gasteiger partial charge in [0.25, 0.3) is 0 Å². The molecular weight excluding hydrogens is 1330 g/mol. The standard InChI is InChI=1S/C83H162O17P2/c1-6-9-12-15-18-21-24-27-29-31-32-33-34-35-37-39-41-44-47-54-59-64-69-83(88)99-78(72-93-80(85)66-61-56-51-45-43-40-38-36-30-28-25-22-19-16-13-10-7-2)74-97-101(89,90)95-70-77(84)71-96-102(91,92)98-75-79(73-94-81(86)67-62-57-52-49-48-50-55-60-65-76(4)5)100-82(87)68-63-58-53-46-42-26-23-20-17-14-11-8-3/h76-79,84H,6-75H2,1-5H3,(H,89,90)(H,91,92)/t77-,78-,79-/m1/s1. The average Bonchev–Trinajstić information content (AvgIpc) is 0.908. The van der Waals surface area contributed by atoms with Crippen molar-refractivity contribution in [3.8, 4) is 0 Å². The molecule has 17 nitrogen and oxygen atoms in total. The molecule has 19 heteroatoms. The molecule has 0 saturated heterocycles. The number of hydrogen-bond acceptors (Lipinski definition) is 15. The van der Waals surface area contributed by atoms with Crippen LogP contribution in [0.4, 0.5) is 0 Å². The Balaban J connectivity index is 5.21. The number of unbranched alkanes of at least 4 members (excludes halogenated alkanes) is 55. The number of aliphatic hydroxyl groups is 1. The zero-order valence-electron chi connectivity index (χ0n) is 66.8. The van der Waals surface area contributed by atoms with Crippen LogP contribution in [-0.2, 0) is 65.4 Å². The third kappa shape index (κ3) is 76.3. The Kier molecular flexibility index (Phi) is 74.4. The second kappa shape index (κ2) is 75.9. The van der Waals surface area contributed by atoms with Gasteiger partial charge < -0.3 is 33.8 Å². The van der Waals surface area contributed by atoms with Crippen molar-refractivity contribution in [1.29, 1.82) is 0 Å². The molecule has 0 aliphatic carbocycles. The van der Waals surface area contributed by atoms with Gasteiger partial charge in [0.15, 0.2) is 12.2 Å². The minimum atomic E-state index is -4.96. The fraction of sp³-hybridized carbons (Fsp3) is 0.952. The molecule has 0 aromatic rings. The minimum Gasteiger partial charge on any atom is -0.462 e. The first-order chi connectivity index (χ1) is 49.5. The maximum atomic E-state index is 13.1. The zero-order chi connectivity index (χ0) is 74.8. The van der Waals surface area contributed by atoms with E-state index in [0.29, 0.717) is 25.7 Å². The quantitative estimate of drug-likeness (QED) is 0.0222. The van der Waals surface area contributed by atoms with Crippen LogP contribution in [0.15, 0.2) is 0 Å². The van der Waals surface area contributed by atoms with Gasteiger partial charge in [-0.1, -0.05) is 394 Å². The summed E-state index contributed by atoms with van der Waals surface area (Å²) in [5, 5.41) is 10.6. The highest BCUT2D eigenvalue weighted by atomic mass is 31.2. The van der Waals surface area contributed by atoms with Crippen molar-refractivity contribution >= 4 is 39.5 Å². The summed E-state index contributed by atoms with van der Waals surface area (Å²) >= 11 is 0. The van der Waals surface area contributed by atoms with Crippen LogP contribution in [0.3, 0.4) is 0 Å². The molecule has 0 aliphatic rings. The smallest absolute Gasteiger partial charge is 0.462 e. The third-order valence-corrected chi connectivity index (χ3v) is 21.4. The average molecular weight is 1490 g/mol. The highest BCUT2D eigenvalue weighted by Gasteiger charge is 2.30. The second-order valence-corrected chi connectivity index (χ2v) is 33.3. The molecule has 0 heterocycles. The van der Waals surface area contributed by atoms with E-state index in [1.54, 1.807) is 0 Å². The summed E-state index contributed by atoms with van der Waals surface area (Å²) in [6.07, 6.45) is 68.1.